The lowest BCUT2D eigenvalue weighted by Gasteiger charge is -2.21. The van der Waals surface area contributed by atoms with E-state index in [0.29, 0.717) is 16.9 Å². The standard InChI is InChI=1S/C25H24O4/c1-17-9-13-20(14-10-17)23(26)24(21-15-11-18(2)12-16-21)29-25(27)19(3)28-22-7-5-4-6-8-22/h4-16,19,24H,1-3H3/t19-,24+/m1/s1. The Hall–Kier alpha value is -3.40. The van der Waals surface area contributed by atoms with E-state index in [-0.39, 0.29) is 5.78 Å². The van der Waals surface area contributed by atoms with Gasteiger partial charge in [0.15, 0.2) is 12.2 Å². The van der Waals surface area contributed by atoms with E-state index >= 15 is 0 Å². The fraction of sp³-hybridized carbons (Fsp3) is 0.200. The van der Waals surface area contributed by atoms with Crippen molar-refractivity contribution < 1.29 is 19.1 Å². The Morgan fingerprint density at radius 3 is 1.90 bits per heavy atom. The molecule has 3 rings (SSSR count). The summed E-state index contributed by atoms with van der Waals surface area (Å²) in [7, 11) is 0. The van der Waals surface area contributed by atoms with Gasteiger partial charge in [0, 0.05) is 11.1 Å². The molecule has 0 aliphatic rings. The van der Waals surface area contributed by atoms with Crippen molar-refractivity contribution in [2.24, 2.45) is 0 Å². The van der Waals surface area contributed by atoms with Crippen LogP contribution in [0.3, 0.4) is 0 Å². The number of esters is 1. The first-order chi connectivity index (χ1) is 13.9. The van der Waals surface area contributed by atoms with Crippen molar-refractivity contribution in [3.8, 4) is 5.75 Å². The molecule has 0 amide bonds. The third-order valence-corrected chi connectivity index (χ3v) is 4.58. The van der Waals surface area contributed by atoms with E-state index in [1.54, 1.807) is 31.2 Å². The van der Waals surface area contributed by atoms with Gasteiger partial charge in [-0.1, -0.05) is 77.9 Å². The van der Waals surface area contributed by atoms with Crippen LogP contribution in [0.25, 0.3) is 0 Å². The molecule has 0 bridgehead atoms. The zero-order valence-electron chi connectivity index (χ0n) is 16.8. The molecule has 0 unspecified atom stereocenters. The predicted octanol–water partition coefficient (Wildman–Crippen LogP) is 5.24. The molecule has 0 spiro atoms. The van der Waals surface area contributed by atoms with Crippen LogP contribution in [0, 0.1) is 13.8 Å². The van der Waals surface area contributed by atoms with E-state index in [0.717, 1.165) is 11.1 Å². The maximum atomic E-state index is 13.1. The summed E-state index contributed by atoms with van der Waals surface area (Å²) < 4.78 is 11.3. The van der Waals surface area contributed by atoms with E-state index in [1.807, 2.05) is 68.4 Å². The molecule has 2 atom stereocenters. The normalized spacial score (nSPS) is 12.7. The highest BCUT2D eigenvalue weighted by atomic mass is 16.6. The van der Waals surface area contributed by atoms with Crippen LogP contribution in [-0.2, 0) is 9.53 Å². The van der Waals surface area contributed by atoms with Gasteiger partial charge in [-0.25, -0.2) is 4.79 Å². The summed E-state index contributed by atoms with van der Waals surface area (Å²) in [4.78, 5) is 25.8. The zero-order valence-corrected chi connectivity index (χ0v) is 16.8. The second kappa shape index (κ2) is 9.20. The average Bonchev–Trinajstić information content (AvgIpc) is 2.73. The van der Waals surface area contributed by atoms with E-state index in [2.05, 4.69) is 0 Å². The monoisotopic (exact) mass is 388 g/mol. The minimum absolute atomic E-state index is 0.269. The fourth-order valence-corrected chi connectivity index (χ4v) is 2.85. The lowest BCUT2D eigenvalue weighted by Crippen LogP contribution is -2.30. The fourth-order valence-electron chi connectivity index (χ4n) is 2.85. The molecule has 29 heavy (non-hydrogen) atoms. The van der Waals surface area contributed by atoms with E-state index in [9.17, 15) is 9.59 Å². The zero-order chi connectivity index (χ0) is 20.8. The minimum Gasteiger partial charge on any atom is -0.479 e. The highest BCUT2D eigenvalue weighted by Gasteiger charge is 2.29. The third kappa shape index (κ3) is 5.32. The lowest BCUT2D eigenvalue weighted by molar-refractivity contribution is -0.154. The quantitative estimate of drug-likeness (QED) is 0.410. The van der Waals surface area contributed by atoms with Crippen molar-refractivity contribution >= 4 is 11.8 Å². The first-order valence-electron chi connectivity index (χ1n) is 9.53. The number of carbonyl (C=O) groups is 2. The SMILES string of the molecule is Cc1ccc(C(=O)[C@@H](OC(=O)[C@@H](C)Oc2ccccc2)c2ccc(C)cc2)cc1. The van der Waals surface area contributed by atoms with Gasteiger partial charge in [-0.3, -0.25) is 4.79 Å². The summed E-state index contributed by atoms with van der Waals surface area (Å²) in [6, 6.07) is 23.7. The Bertz CT molecular complexity index is 960. The van der Waals surface area contributed by atoms with Gasteiger partial charge in [0.2, 0.25) is 5.78 Å². The van der Waals surface area contributed by atoms with E-state index in [1.165, 1.54) is 0 Å². The van der Waals surface area contributed by atoms with Crippen molar-refractivity contribution in [1.82, 2.24) is 0 Å². The molecule has 0 aliphatic carbocycles. The van der Waals surface area contributed by atoms with Crippen LogP contribution in [0.2, 0.25) is 0 Å². The highest BCUT2D eigenvalue weighted by Crippen LogP contribution is 2.25. The third-order valence-electron chi connectivity index (χ3n) is 4.58. The number of aryl methyl sites for hydroxylation is 2. The summed E-state index contributed by atoms with van der Waals surface area (Å²) in [6.07, 6.45) is -1.89. The molecule has 4 heteroatoms. The van der Waals surface area contributed by atoms with Crippen LogP contribution >= 0.6 is 0 Å². The number of Topliss-reactive ketones (excluding diaryl/α,β-unsaturated/α-hetero) is 1. The molecule has 0 aliphatic heterocycles. The van der Waals surface area contributed by atoms with Gasteiger partial charge in [-0.05, 0) is 32.9 Å². The van der Waals surface area contributed by atoms with Gasteiger partial charge >= 0.3 is 5.97 Å². The molecular weight excluding hydrogens is 364 g/mol. The molecule has 3 aromatic carbocycles. The lowest BCUT2D eigenvalue weighted by atomic mass is 9.98. The number of rotatable bonds is 7. The van der Waals surface area contributed by atoms with Crippen LogP contribution in [0.5, 0.6) is 5.75 Å². The Morgan fingerprint density at radius 1 is 0.759 bits per heavy atom. The van der Waals surface area contributed by atoms with Crippen molar-refractivity contribution in [3.05, 3.63) is 101 Å². The largest absolute Gasteiger partial charge is 0.479 e. The predicted molar refractivity (Wildman–Crippen MR) is 112 cm³/mol. The Balaban J connectivity index is 1.82. The van der Waals surface area contributed by atoms with Crippen LogP contribution in [0.1, 0.15) is 40.1 Å². The van der Waals surface area contributed by atoms with Gasteiger partial charge in [-0.2, -0.15) is 0 Å². The minimum atomic E-state index is -1.03. The van der Waals surface area contributed by atoms with Crippen molar-refractivity contribution in [2.45, 2.75) is 33.0 Å². The van der Waals surface area contributed by atoms with Crippen LogP contribution in [0.15, 0.2) is 78.9 Å². The van der Waals surface area contributed by atoms with Gasteiger partial charge in [0.05, 0.1) is 0 Å². The summed E-state index contributed by atoms with van der Waals surface area (Å²) in [5, 5.41) is 0. The molecule has 148 valence electrons. The second-order valence-corrected chi connectivity index (χ2v) is 7.03. The van der Waals surface area contributed by atoms with E-state index < -0.39 is 18.2 Å². The maximum Gasteiger partial charge on any atom is 0.348 e. The number of para-hydroxylation sites is 1. The Kier molecular flexibility index (Phi) is 6.45. The number of carbonyl (C=O) groups excluding carboxylic acids is 2. The summed E-state index contributed by atoms with van der Waals surface area (Å²) in [5.74, 6) is -0.303. The van der Waals surface area contributed by atoms with Gasteiger partial charge in [0.1, 0.15) is 5.75 Å². The number of hydrogen-bond donors (Lipinski definition) is 0. The molecule has 0 fully saturated rings. The number of ether oxygens (including phenoxy) is 2. The first kappa shape index (κ1) is 20.3. The molecule has 0 heterocycles. The van der Waals surface area contributed by atoms with Crippen molar-refractivity contribution in [2.75, 3.05) is 0 Å². The van der Waals surface area contributed by atoms with Crippen molar-refractivity contribution in [1.29, 1.82) is 0 Å². The molecule has 3 aromatic rings. The molecular formula is C25H24O4. The molecule has 4 nitrogen and oxygen atoms in total. The van der Waals surface area contributed by atoms with Crippen LogP contribution in [-0.4, -0.2) is 17.9 Å². The molecule has 0 aromatic heterocycles. The highest BCUT2D eigenvalue weighted by molar-refractivity contribution is 6.01. The Labute approximate surface area is 171 Å². The van der Waals surface area contributed by atoms with Crippen LogP contribution < -0.4 is 4.74 Å². The summed E-state index contributed by atoms with van der Waals surface area (Å²) in [5.41, 5.74) is 3.23. The van der Waals surface area contributed by atoms with Crippen molar-refractivity contribution in [3.63, 3.8) is 0 Å². The average molecular weight is 388 g/mol. The first-order valence-corrected chi connectivity index (χ1v) is 9.53. The number of ketones is 1. The second-order valence-electron chi connectivity index (χ2n) is 7.03. The topological polar surface area (TPSA) is 52.6 Å². The van der Waals surface area contributed by atoms with Gasteiger partial charge in [-0.15, -0.1) is 0 Å². The molecule has 0 N–H and O–H groups in total. The molecule has 0 saturated heterocycles. The van der Waals surface area contributed by atoms with Crippen LogP contribution in [0.4, 0.5) is 0 Å². The number of benzene rings is 3. The summed E-state index contributed by atoms with van der Waals surface area (Å²) >= 11 is 0. The van der Waals surface area contributed by atoms with E-state index in [4.69, 9.17) is 9.47 Å². The molecule has 0 saturated carbocycles. The molecule has 0 radical (unpaired) electrons. The smallest absolute Gasteiger partial charge is 0.348 e. The number of hydrogen-bond acceptors (Lipinski definition) is 4. The summed E-state index contributed by atoms with van der Waals surface area (Å²) in [6.45, 7) is 5.52. The van der Waals surface area contributed by atoms with Gasteiger partial charge < -0.3 is 9.47 Å². The maximum absolute atomic E-state index is 13.1. The Morgan fingerprint density at radius 2 is 1.31 bits per heavy atom. The van der Waals surface area contributed by atoms with Gasteiger partial charge in [0.25, 0.3) is 0 Å².